The quantitative estimate of drug-likeness (QED) is 0.416. The first-order valence-electron chi connectivity index (χ1n) is 2.93. The zero-order valence-electron chi connectivity index (χ0n) is 5.28. The van der Waals surface area contributed by atoms with Gasteiger partial charge in [0.05, 0.1) is 20.1 Å². The van der Waals surface area contributed by atoms with Crippen LogP contribution >= 0.6 is 0 Å². The van der Waals surface area contributed by atoms with Crippen LogP contribution in [-0.2, 0) is 0 Å². The van der Waals surface area contributed by atoms with E-state index in [1.165, 1.54) is 25.9 Å². The summed E-state index contributed by atoms with van der Waals surface area (Å²) in [5.74, 6) is 0. The van der Waals surface area contributed by atoms with Gasteiger partial charge in [-0.25, -0.2) is 0 Å². The second-order valence-electron chi connectivity index (χ2n) is 2.16. The molecule has 1 rings (SSSR count). The Hall–Kier alpha value is -0.550. The van der Waals surface area contributed by atoms with E-state index in [-0.39, 0.29) is 0 Å². The predicted molar refractivity (Wildman–Crippen MR) is 30.8 cm³/mol. The van der Waals surface area contributed by atoms with Gasteiger partial charge in [0, 0.05) is 12.8 Å². The van der Waals surface area contributed by atoms with Gasteiger partial charge in [-0.05, 0) is 0 Å². The Bertz CT molecular complexity index is 62.2. The second-order valence-corrected chi connectivity index (χ2v) is 2.16. The molecule has 1 aliphatic heterocycles. The van der Waals surface area contributed by atoms with E-state index in [9.17, 15) is 0 Å². The summed E-state index contributed by atoms with van der Waals surface area (Å²) in [6.07, 6.45) is 2.90. The fourth-order valence-corrected chi connectivity index (χ4v) is 0.979. The van der Waals surface area contributed by atoms with Crippen LogP contribution in [0.15, 0.2) is 0 Å². The van der Waals surface area contributed by atoms with Gasteiger partial charge in [-0.2, -0.15) is 0 Å². The Labute approximate surface area is 50.7 Å². The highest BCUT2D eigenvalue weighted by Gasteiger charge is 2.07. The largest absolute Gasteiger partial charge is 0.512 e. The maximum atomic E-state index is 6.25. The highest BCUT2D eigenvalue weighted by Crippen LogP contribution is 1.84. The van der Waals surface area contributed by atoms with Crippen molar-refractivity contribution in [2.75, 3.05) is 20.1 Å². The van der Waals surface area contributed by atoms with Crippen LogP contribution < -0.4 is 4.90 Å². The van der Waals surface area contributed by atoms with E-state index in [1.807, 2.05) is 0 Å². The van der Waals surface area contributed by atoms with Crippen LogP contribution in [-0.4, -0.2) is 20.1 Å². The summed E-state index contributed by atoms with van der Waals surface area (Å²) in [6.45, 7) is 7.56. The highest BCUT2D eigenvalue weighted by atomic mass is 15.1. The van der Waals surface area contributed by atoms with Gasteiger partial charge >= 0.3 is 0 Å². The van der Waals surface area contributed by atoms with Gasteiger partial charge in [-0.3, -0.25) is 0 Å². The van der Waals surface area contributed by atoms with Crippen molar-refractivity contribution in [2.24, 2.45) is 0 Å². The van der Waals surface area contributed by atoms with Gasteiger partial charge in [0.25, 0.3) is 0 Å². The topological polar surface area (TPSA) is 28.2 Å². The zero-order chi connectivity index (χ0) is 6.41. The molecule has 0 amide bonds. The van der Waals surface area contributed by atoms with E-state index < -0.39 is 0 Å². The first-order chi connectivity index (χ1) is 3.89. The summed E-state index contributed by atoms with van der Waals surface area (Å²) in [5, 5.41) is 6.25. The standard InChI is InChI=1S/C5H11N.CN/c1-6-4-2-3-5-6;1-2/h2-5H2,1H3;/q;-1/p+1. The normalized spacial score (nSPS) is 19.4. The average Bonchev–Trinajstić information content (AvgIpc) is 2.24. The van der Waals surface area contributed by atoms with Crippen molar-refractivity contribution < 1.29 is 4.90 Å². The number of hydrogen-bond donors (Lipinski definition) is 1. The van der Waals surface area contributed by atoms with E-state index in [0.29, 0.717) is 0 Å². The molecule has 0 aliphatic carbocycles. The fourth-order valence-electron chi connectivity index (χ4n) is 0.979. The predicted octanol–water partition coefficient (Wildman–Crippen LogP) is -0.609. The minimum absolute atomic E-state index is 1.40. The lowest BCUT2D eigenvalue weighted by Crippen LogP contribution is -3.06. The Morgan fingerprint density at radius 3 is 1.75 bits per heavy atom. The van der Waals surface area contributed by atoms with Crippen LogP contribution in [0, 0.1) is 11.8 Å². The van der Waals surface area contributed by atoms with Gasteiger partial charge in [-0.1, -0.05) is 0 Å². The third-order valence-corrected chi connectivity index (χ3v) is 1.46. The lowest BCUT2D eigenvalue weighted by atomic mass is 10.4. The van der Waals surface area contributed by atoms with Gasteiger partial charge in [0.15, 0.2) is 0 Å². The fraction of sp³-hybridized carbons (Fsp3) is 0.833. The van der Waals surface area contributed by atoms with E-state index in [0.717, 1.165) is 0 Å². The van der Waals surface area contributed by atoms with Gasteiger partial charge in [0.2, 0.25) is 0 Å². The molecule has 46 valence electrons. The van der Waals surface area contributed by atoms with Crippen molar-refractivity contribution in [2.45, 2.75) is 12.8 Å². The van der Waals surface area contributed by atoms with Crippen molar-refractivity contribution in [1.82, 2.24) is 0 Å². The summed E-state index contributed by atoms with van der Waals surface area (Å²) in [7, 11) is 2.26. The molecule has 0 atom stereocenters. The van der Waals surface area contributed by atoms with Crippen molar-refractivity contribution in [1.29, 1.82) is 5.26 Å². The molecule has 0 spiro atoms. The molecule has 1 heterocycles. The van der Waals surface area contributed by atoms with Gasteiger partial charge < -0.3 is 16.7 Å². The molecule has 8 heavy (non-hydrogen) atoms. The molecule has 0 bridgehead atoms. The average molecular weight is 112 g/mol. The van der Waals surface area contributed by atoms with E-state index in [2.05, 4.69) is 7.05 Å². The van der Waals surface area contributed by atoms with E-state index in [1.54, 1.807) is 4.90 Å². The molecule has 1 N–H and O–H groups in total. The van der Waals surface area contributed by atoms with E-state index >= 15 is 0 Å². The van der Waals surface area contributed by atoms with E-state index in [4.69, 9.17) is 11.8 Å². The number of nitrogens with zero attached hydrogens (tertiary/aromatic N) is 1. The molecule has 0 saturated carbocycles. The first-order valence-corrected chi connectivity index (χ1v) is 2.93. The maximum absolute atomic E-state index is 6.25. The maximum Gasteiger partial charge on any atom is 0.0771 e. The molecule has 1 fully saturated rings. The molecule has 2 nitrogen and oxygen atoms in total. The van der Waals surface area contributed by atoms with Crippen LogP contribution in [0.5, 0.6) is 0 Å². The molecule has 0 aromatic heterocycles. The molecular weight excluding hydrogens is 100 g/mol. The number of quaternary nitrogens is 1. The molecule has 0 unspecified atom stereocenters. The monoisotopic (exact) mass is 112 g/mol. The molecule has 0 radical (unpaired) electrons. The summed E-state index contributed by atoms with van der Waals surface area (Å²) in [4.78, 5) is 1.70. The Balaban J connectivity index is 0.000000222. The number of nitrogens with one attached hydrogen (secondary N) is 1. The van der Waals surface area contributed by atoms with Gasteiger partial charge in [-0.15, -0.1) is 0 Å². The van der Waals surface area contributed by atoms with Crippen molar-refractivity contribution in [3.63, 3.8) is 0 Å². The molecular formula is C6H12N2. The zero-order valence-corrected chi connectivity index (χ0v) is 5.28. The lowest BCUT2D eigenvalue weighted by molar-refractivity contribution is -0.866. The number of likely N-dealkylation sites (tertiary alicyclic amines) is 1. The van der Waals surface area contributed by atoms with Crippen molar-refractivity contribution in [3.8, 4) is 0 Å². The van der Waals surface area contributed by atoms with Crippen molar-refractivity contribution in [3.05, 3.63) is 6.57 Å². The SMILES string of the molecule is C[NH+]1CCCC1.[C-]#N. The molecule has 1 saturated heterocycles. The Morgan fingerprint density at radius 1 is 1.25 bits per heavy atom. The van der Waals surface area contributed by atoms with Crippen LogP contribution in [0.25, 0.3) is 0 Å². The second kappa shape index (κ2) is 4.61. The minimum Gasteiger partial charge on any atom is -0.512 e. The Morgan fingerprint density at radius 2 is 1.62 bits per heavy atom. The molecule has 0 aromatic rings. The lowest BCUT2D eigenvalue weighted by Gasteiger charge is -1.98. The summed E-state index contributed by atoms with van der Waals surface area (Å²) in [6, 6.07) is 0. The van der Waals surface area contributed by atoms with Crippen LogP contribution in [0.2, 0.25) is 0 Å². The summed E-state index contributed by atoms with van der Waals surface area (Å²) < 4.78 is 0. The highest BCUT2D eigenvalue weighted by molar-refractivity contribution is 4.40. The number of rotatable bonds is 0. The minimum atomic E-state index is 1.40. The first kappa shape index (κ1) is 7.45. The van der Waals surface area contributed by atoms with Crippen LogP contribution in [0.1, 0.15) is 12.8 Å². The Kier molecular flexibility index (Phi) is 4.29. The van der Waals surface area contributed by atoms with Gasteiger partial charge in [0.1, 0.15) is 0 Å². The third-order valence-electron chi connectivity index (χ3n) is 1.46. The molecule has 2 heteroatoms. The smallest absolute Gasteiger partial charge is 0.0771 e. The molecule has 1 aliphatic rings. The van der Waals surface area contributed by atoms with Crippen molar-refractivity contribution >= 4 is 0 Å². The summed E-state index contributed by atoms with van der Waals surface area (Å²) in [5.41, 5.74) is 0. The van der Waals surface area contributed by atoms with Crippen LogP contribution in [0.4, 0.5) is 0 Å². The molecule has 0 aromatic carbocycles. The third kappa shape index (κ3) is 2.59. The van der Waals surface area contributed by atoms with Crippen LogP contribution in [0.3, 0.4) is 0 Å². The summed E-state index contributed by atoms with van der Waals surface area (Å²) >= 11 is 0. The number of hydrogen-bond acceptors (Lipinski definition) is 1.